The number of carboxylic acid groups (broad SMARTS) is 1. The van der Waals surface area contributed by atoms with Crippen molar-refractivity contribution in [2.45, 2.75) is 25.7 Å². The number of aryl methyl sites for hydroxylation is 1. The Labute approximate surface area is 98.3 Å². The first-order valence-corrected chi connectivity index (χ1v) is 6.07. The van der Waals surface area contributed by atoms with Crippen LogP contribution in [0.25, 0.3) is 0 Å². The molecule has 0 fully saturated rings. The summed E-state index contributed by atoms with van der Waals surface area (Å²) in [6, 6.07) is 3.97. The minimum Gasteiger partial charge on any atom is -0.481 e. The van der Waals surface area contributed by atoms with Crippen LogP contribution in [0.1, 0.15) is 24.1 Å². The molecule has 1 heterocycles. The first-order chi connectivity index (χ1) is 7.68. The molecule has 5 heteroatoms. The predicted molar refractivity (Wildman–Crippen MR) is 62.5 cm³/mol. The molecule has 1 aromatic rings. The third kappa shape index (κ3) is 5.50. The molecule has 0 saturated heterocycles. The summed E-state index contributed by atoms with van der Waals surface area (Å²) in [7, 11) is 0. The molecule has 2 N–H and O–H groups in total. The Morgan fingerprint density at radius 2 is 2.19 bits per heavy atom. The van der Waals surface area contributed by atoms with E-state index in [1.807, 2.05) is 17.5 Å². The lowest BCUT2D eigenvalue weighted by molar-refractivity contribution is -0.137. The van der Waals surface area contributed by atoms with Gasteiger partial charge in [0.1, 0.15) is 0 Å². The molecule has 0 aromatic carbocycles. The average Bonchev–Trinajstić information content (AvgIpc) is 2.74. The zero-order valence-corrected chi connectivity index (χ0v) is 9.76. The zero-order chi connectivity index (χ0) is 11.8. The van der Waals surface area contributed by atoms with E-state index in [2.05, 4.69) is 5.32 Å². The number of carbonyl (C=O) groups is 2. The molecule has 16 heavy (non-hydrogen) atoms. The number of thiophene rings is 1. The van der Waals surface area contributed by atoms with Crippen molar-refractivity contribution < 1.29 is 14.7 Å². The molecular weight excluding hydrogens is 226 g/mol. The van der Waals surface area contributed by atoms with Gasteiger partial charge in [-0.3, -0.25) is 9.59 Å². The second-order valence-corrected chi connectivity index (χ2v) is 4.46. The Morgan fingerprint density at radius 3 is 2.81 bits per heavy atom. The summed E-state index contributed by atoms with van der Waals surface area (Å²) >= 11 is 1.64. The van der Waals surface area contributed by atoms with Crippen LogP contribution >= 0.6 is 11.3 Å². The van der Waals surface area contributed by atoms with E-state index in [1.165, 1.54) is 4.88 Å². The third-order valence-corrected chi connectivity index (χ3v) is 3.00. The molecular formula is C11H15NO3S. The van der Waals surface area contributed by atoms with E-state index in [0.717, 1.165) is 6.42 Å². The van der Waals surface area contributed by atoms with Crippen molar-refractivity contribution in [1.29, 1.82) is 0 Å². The van der Waals surface area contributed by atoms with Crippen molar-refractivity contribution in [2.75, 3.05) is 6.54 Å². The molecule has 1 rings (SSSR count). The quantitative estimate of drug-likeness (QED) is 0.713. The summed E-state index contributed by atoms with van der Waals surface area (Å²) in [4.78, 5) is 22.7. The molecule has 0 atom stereocenters. The monoisotopic (exact) mass is 241 g/mol. The normalized spacial score (nSPS) is 10.0. The Hall–Kier alpha value is -1.36. The number of carbonyl (C=O) groups excluding carboxylic acids is 1. The molecule has 1 aromatic heterocycles. The molecule has 0 spiro atoms. The molecule has 0 radical (unpaired) electrons. The highest BCUT2D eigenvalue weighted by Crippen LogP contribution is 2.10. The molecule has 0 aliphatic rings. The number of aliphatic carboxylic acids is 1. The second-order valence-electron chi connectivity index (χ2n) is 3.43. The fraction of sp³-hybridized carbons (Fsp3) is 0.455. The van der Waals surface area contributed by atoms with Crippen molar-refractivity contribution in [3.63, 3.8) is 0 Å². The van der Waals surface area contributed by atoms with Crippen molar-refractivity contribution in [3.05, 3.63) is 22.4 Å². The minimum atomic E-state index is -0.826. The lowest BCUT2D eigenvalue weighted by Gasteiger charge is -2.02. The molecule has 0 bridgehead atoms. The molecule has 4 nitrogen and oxygen atoms in total. The molecule has 88 valence electrons. The highest BCUT2D eigenvalue weighted by atomic mass is 32.1. The van der Waals surface area contributed by atoms with Gasteiger partial charge in [0.2, 0.25) is 5.91 Å². The summed E-state index contributed by atoms with van der Waals surface area (Å²) in [5.41, 5.74) is 0. The maximum Gasteiger partial charge on any atom is 0.303 e. The van der Waals surface area contributed by atoms with E-state index in [1.54, 1.807) is 11.3 Å². The number of nitrogens with one attached hydrogen (secondary N) is 1. The lowest BCUT2D eigenvalue weighted by atomic mass is 10.2. The van der Waals surface area contributed by atoms with Crippen LogP contribution in [0.4, 0.5) is 0 Å². The molecule has 0 saturated carbocycles. The summed E-state index contributed by atoms with van der Waals surface area (Å²) < 4.78 is 0. The van der Waals surface area contributed by atoms with Crippen molar-refractivity contribution in [3.8, 4) is 0 Å². The van der Waals surface area contributed by atoms with Gasteiger partial charge in [0.15, 0.2) is 0 Å². The number of hydrogen-bond donors (Lipinski definition) is 2. The largest absolute Gasteiger partial charge is 0.481 e. The van der Waals surface area contributed by atoms with Gasteiger partial charge >= 0.3 is 5.97 Å². The lowest BCUT2D eigenvalue weighted by Crippen LogP contribution is -2.24. The Kier molecular flexibility index (Phi) is 5.56. The highest BCUT2D eigenvalue weighted by molar-refractivity contribution is 7.09. The first-order valence-electron chi connectivity index (χ1n) is 5.19. The number of rotatable bonds is 7. The number of amides is 1. The van der Waals surface area contributed by atoms with Crippen LogP contribution < -0.4 is 5.32 Å². The van der Waals surface area contributed by atoms with E-state index < -0.39 is 5.97 Å². The summed E-state index contributed by atoms with van der Waals surface area (Å²) in [6.07, 6.45) is 1.81. The summed E-state index contributed by atoms with van der Waals surface area (Å²) in [5, 5.41) is 13.1. The van der Waals surface area contributed by atoms with Gasteiger partial charge in [-0.05, 0) is 24.3 Å². The Bertz CT molecular complexity index is 335. The zero-order valence-electron chi connectivity index (χ0n) is 8.94. The summed E-state index contributed by atoms with van der Waals surface area (Å²) in [6.45, 7) is 0.440. The fourth-order valence-electron chi connectivity index (χ4n) is 1.25. The maximum atomic E-state index is 11.3. The molecule has 0 aliphatic carbocycles. The van der Waals surface area contributed by atoms with Crippen molar-refractivity contribution >= 4 is 23.2 Å². The molecule has 1 amide bonds. The predicted octanol–water partition coefficient (Wildman–Crippen LogP) is 1.66. The van der Waals surface area contributed by atoms with E-state index in [0.29, 0.717) is 19.4 Å². The van der Waals surface area contributed by atoms with Crippen LogP contribution in [-0.4, -0.2) is 23.5 Å². The second kappa shape index (κ2) is 7.00. The SMILES string of the molecule is O=C(O)CCCNC(=O)CCc1cccs1. The first kappa shape index (κ1) is 12.7. The van der Waals surface area contributed by atoms with Gasteiger partial charge in [0, 0.05) is 24.3 Å². The van der Waals surface area contributed by atoms with Crippen LogP contribution in [0.5, 0.6) is 0 Å². The van der Waals surface area contributed by atoms with Gasteiger partial charge < -0.3 is 10.4 Å². The fourth-order valence-corrected chi connectivity index (χ4v) is 1.96. The van der Waals surface area contributed by atoms with Gasteiger partial charge in [0.05, 0.1) is 0 Å². The number of carboxylic acids is 1. The van der Waals surface area contributed by atoms with E-state index in [9.17, 15) is 9.59 Å². The van der Waals surface area contributed by atoms with E-state index in [4.69, 9.17) is 5.11 Å². The van der Waals surface area contributed by atoms with Gasteiger partial charge in [-0.25, -0.2) is 0 Å². The van der Waals surface area contributed by atoms with E-state index >= 15 is 0 Å². The van der Waals surface area contributed by atoms with Gasteiger partial charge in [-0.15, -0.1) is 11.3 Å². The topological polar surface area (TPSA) is 66.4 Å². The smallest absolute Gasteiger partial charge is 0.303 e. The highest BCUT2D eigenvalue weighted by Gasteiger charge is 2.03. The van der Waals surface area contributed by atoms with Gasteiger partial charge in [-0.1, -0.05) is 6.07 Å². The van der Waals surface area contributed by atoms with Crippen molar-refractivity contribution in [1.82, 2.24) is 5.32 Å². The van der Waals surface area contributed by atoms with Gasteiger partial charge in [-0.2, -0.15) is 0 Å². The Balaban J connectivity index is 2.05. The standard InChI is InChI=1S/C11H15NO3S/c13-10(12-7-1-4-11(14)15)6-5-9-3-2-8-16-9/h2-3,8H,1,4-7H2,(H,12,13)(H,14,15). The van der Waals surface area contributed by atoms with Crippen LogP contribution in [0, 0.1) is 0 Å². The van der Waals surface area contributed by atoms with Crippen LogP contribution in [0.15, 0.2) is 17.5 Å². The third-order valence-electron chi connectivity index (χ3n) is 2.07. The van der Waals surface area contributed by atoms with Crippen molar-refractivity contribution in [2.24, 2.45) is 0 Å². The van der Waals surface area contributed by atoms with Crippen LogP contribution in [0.2, 0.25) is 0 Å². The summed E-state index contributed by atoms with van der Waals surface area (Å²) in [5.74, 6) is -0.841. The molecule has 0 aliphatic heterocycles. The molecule has 0 unspecified atom stereocenters. The van der Waals surface area contributed by atoms with Crippen LogP contribution in [-0.2, 0) is 16.0 Å². The Morgan fingerprint density at radius 1 is 1.38 bits per heavy atom. The van der Waals surface area contributed by atoms with Crippen LogP contribution in [0.3, 0.4) is 0 Å². The average molecular weight is 241 g/mol. The van der Waals surface area contributed by atoms with E-state index in [-0.39, 0.29) is 12.3 Å². The maximum absolute atomic E-state index is 11.3. The minimum absolute atomic E-state index is 0.0150. The van der Waals surface area contributed by atoms with Gasteiger partial charge in [0.25, 0.3) is 0 Å². The number of hydrogen-bond acceptors (Lipinski definition) is 3.